The Kier molecular flexibility index (Phi) is 6.31. The van der Waals surface area contributed by atoms with Gasteiger partial charge in [-0.1, -0.05) is 42.5 Å². The highest BCUT2D eigenvalue weighted by molar-refractivity contribution is 5.81. The number of nitrogens with one attached hydrogen (secondary N) is 1. The van der Waals surface area contributed by atoms with Crippen molar-refractivity contribution in [2.45, 2.75) is 13.0 Å². The van der Waals surface area contributed by atoms with E-state index in [0.29, 0.717) is 0 Å². The summed E-state index contributed by atoms with van der Waals surface area (Å²) < 4.78 is 23.1. The molecule has 0 heterocycles. The molecule has 1 N–H and O–H groups in total. The van der Waals surface area contributed by atoms with Crippen molar-refractivity contribution in [3.05, 3.63) is 66.0 Å². The minimum atomic E-state index is -0.749. The number of amides is 1. The normalized spacial score (nSPS) is 11.4. The van der Waals surface area contributed by atoms with Crippen LogP contribution in [0.4, 0.5) is 4.39 Å². The van der Waals surface area contributed by atoms with Crippen LogP contribution in [0.15, 0.2) is 54.6 Å². The molecule has 5 nitrogen and oxygen atoms in total. The molecule has 0 unspecified atom stereocenters. The molecule has 0 fully saturated rings. The number of esters is 1. The van der Waals surface area contributed by atoms with Gasteiger partial charge >= 0.3 is 5.97 Å². The Labute approximate surface area is 139 Å². The minimum Gasteiger partial charge on any atom is -0.479 e. The van der Waals surface area contributed by atoms with Gasteiger partial charge in [-0.2, -0.15) is 0 Å². The van der Waals surface area contributed by atoms with Gasteiger partial charge in [0.1, 0.15) is 0 Å². The second-order valence-corrected chi connectivity index (χ2v) is 5.08. The lowest BCUT2D eigenvalue weighted by atomic mass is 10.1. The highest BCUT2D eigenvalue weighted by Crippen LogP contribution is 2.15. The molecule has 0 radical (unpaired) electrons. The molecule has 0 spiro atoms. The summed E-state index contributed by atoms with van der Waals surface area (Å²) in [5.74, 6) is -1.79. The smallest absolute Gasteiger partial charge is 0.344 e. The lowest BCUT2D eigenvalue weighted by Gasteiger charge is -2.14. The fourth-order valence-electron chi connectivity index (χ4n) is 1.99. The van der Waals surface area contributed by atoms with Crippen LogP contribution in [0.1, 0.15) is 18.5 Å². The zero-order valence-electron chi connectivity index (χ0n) is 13.2. The second-order valence-electron chi connectivity index (χ2n) is 5.08. The molecule has 126 valence electrons. The lowest BCUT2D eigenvalue weighted by Crippen LogP contribution is -2.31. The van der Waals surface area contributed by atoms with Crippen LogP contribution in [0.25, 0.3) is 0 Å². The molecule has 24 heavy (non-hydrogen) atoms. The Morgan fingerprint density at radius 1 is 1.04 bits per heavy atom. The Bertz CT molecular complexity index is 690. The quantitative estimate of drug-likeness (QED) is 0.792. The van der Waals surface area contributed by atoms with E-state index in [-0.39, 0.29) is 11.8 Å². The number of rotatable bonds is 7. The first-order valence-electron chi connectivity index (χ1n) is 7.43. The van der Waals surface area contributed by atoms with Gasteiger partial charge in [-0.15, -0.1) is 0 Å². The van der Waals surface area contributed by atoms with Crippen molar-refractivity contribution >= 4 is 11.9 Å². The molecule has 1 amide bonds. The van der Waals surface area contributed by atoms with Gasteiger partial charge in [-0.3, -0.25) is 4.79 Å². The standard InChI is InChI=1S/C18H18FNO4/c1-13(14-7-3-2-4-8-14)20-17(21)11-24-18(22)12-23-16-10-6-5-9-15(16)19/h2-10,13H,11-12H2,1H3,(H,20,21)/t13-/m0/s1. The van der Waals surface area contributed by atoms with Gasteiger partial charge in [0.05, 0.1) is 6.04 Å². The molecule has 6 heteroatoms. The fourth-order valence-corrected chi connectivity index (χ4v) is 1.99. The molecule has 0 aromatic heterocycles. The molecule has 0 aliphatic heterocycles. The SMILES string of the molecule is C[C@H](NC(=O)COC(=O)COc1ccccc1F)c1ccccc1. The van der Waals surface area contributed by atoms with E-state index in [1.807, 2.05) is 37.3 Å². The molecule has 2 aromatic rings. The predicted molar refractivity (Wildman–Crippen MR) is 85.9 cm³/mol. The largest absolute Gasteiger partial charge is 0.479 e. The van der Waals surface area contributed by atoms with E-state index in [1.54, 1.807) is 6.07 Å². The van der Waals surface area contributed by atoms with Crippen LogP contribution < -0.4 is 10.1 Å². The number of hydrogen-bond donors (Lipinski definition) is 1. The van der Waals surface area contributed by atoms with Gasteiger partial charge in [0.2, 0.25) is 0 Å². The maximum atomic E-state index is 13.3. The van der Waals surface area contributed by atoms with E-state index in [2.05, 4.69) is 5.32 Å². The molecule has 0 saturated carbocycles. The molecule has 0 saturated heterocycles. The van der Waals surface area contributed by atoms with Crippen molar-refractivity contribution < 1.29 is 23.5 Å². The van der Waals surface area contributed by atoms with E-state index < -0.39 is 30.9 Å². The van der Waals surface area contributed by atoms with Crippen molar-refractivity contribution in [1.82, 2.24) is 5.32 Å². The molecular formula is C18H18FNO4. The van der Waals surface area contributed by atoms with Crippen LogP contribution in [0.3, 0.4) is 0 Å². The Morgan fingerprint density at radius 2 is 1.71 bits per heavy atom. The number of benzene rings is 2. The highest BCUT2D eigenvalue weighted by atomic mass is 19.1. The van der Waals surface area contributed by atoms with Crippen molar-refractivity contribution in [1.29, 1.82) is 0 Å². The Balaban J connectivity index is 1.71. The zero-order chi connectivity index (χ0) is 17.4. The van der Waals surface area contributed by atoms with Crippen LogP contribution in [0, 0.1) is 5.82 Å². The van der Waals surface area contributed by atoms with E-state index >= 15 is 0 Å². The highest BCUT2D eigenvalue weighted by Gasteiger charge is 2.12. The summed E-state index contributed by atoms with van der Waals surface area (Å²) in [6.45, 7) is 0.940. The van der Waals surface area contributed by atoms with Gasteiger partial charge in [0.25, 0.3) is 5.91 Å². The van der Waals surface area contributed by atoms with E-state index in [4.69, 9.17) is 9.47 Å². The van der Waals surface area contributed by atoms with Crippen LogP contribution in [-0.2, 0) is 14.3 Å². The van der Waals surface area contributed by atoms with Crippen LogP contribution in [-0.4, -0.2) is 25.1 Å². The molecule has 2 rings (SSSR count). The van der Waals surface area contributed by atoms with Gasteiger partial charge < -0.3 is 14.8 Å². The van der Waals surface area contributed by atoms with Gasteiger partial charge in [0, 0.05) is 0 Å². The molecule has 1 atom stereocenters. The minimum absolute atomic E-state index is 0.0448. The first-order chi connectivity index (χ1) is 11.6. The number of hydrogen-bond acceptors (Lipinski definition) is 4. The maximum absolute atomic E-state index is 13.3. The topological polar surface area (TPSA) is 64.6 Å². The maximum Gasteiger partial charge on any atom is 0.344 e. The third kappa shape index (κ3) is 5.39. The Morgan fingerprint density at radius 3 is 2.42 bits per heavy atom. The van der Waals surface area contributed by atoms with Gasteiger partial charge in [-0.25, -0.2) is 9.18 Å². The Hall–Kier alpha value is -2.89. The third-order valence-electron chi connectivity index (χ3n) is 3.22. The number of ether oxygens (including phenoxy) is 2. The summed E-state index contributed by atoms with van der Waals surface area (Å²) in [5.41, 5.74) is 0.945. The summed E-state index contributed by atoms with van der Waals surface area (Å²) in [6, 6.07) is 14.9. The summed E-state index contributed by atoms with van der Waals surface area (Å²) in [7, 11) is 0. The predicted octanol–water partition coefficient (Wildman–Crippen LogP) is 2.63. The first-order valence-corrected chi connectivity index (χ1v) is 7.43. The van der Waals surface area contributed by atoms with Gasteiger partial charge in [0.15, 0.2) is 24.8 Å². The van der Waals surface area contributed by atoms with Crippen molar-refractivity contribution in [2.24, 2.45) is 0 Å². The van der Waals surface area contributed by atoms with E-state index in [9.17, 15) is 14.0 Å². The van der Waals surface area contributed by atoms with Crippen molar-refractivity contribution in [3.63, 3.8) is 0 Å². The monoisotopic (exact) mass is 331 g/mol. The van der Waals surface area contributed by atoms with Gasteiger partial charge in [-0.05, 0) is 24.6 Å². The zero-order valence-corrected chi connectivity index (χ0v) is 13.2. The fraction of sp³-hybridized carbons (Fsp3) is 0.222. The third-order valence-corrected chi connectivity index (χ3v) is 3.22. The van der Waals surface area contributed by atoms with E-state index in [0.717, 1.165) is 5.56 Å². The molecule has 0 aliphatic rings. The number of halogens is 1. The summed E-state index contributed by atoms with van der Waals surface area (Å²) in [5, 5.41) is 2.72. The van der Waals surface area contributed by atoms with Crippen molar-refractivity contribution in [2.75, 3.05) is 13.2 Å². The van der Waals surface area contributed by atoms with Crippen LogP contribution in [0.2, 0.25) is 0 Å². The lowest BCUT2D eigenvalue weighted by molar-refractivity contribution is -0.150. The number of para-hydroxylation sites is 1. The van der Waals surface area contributed by atoms with E-state index in [1.165, 1.54) is 18.2 Å². The molecular weight excluding hydrogens is 313 g/mol. The first kappa shape index (κ1) is 17.5. The van der Waals surface area contributed by atoms with Crippen molar-refractivity contribution in [3.8, 4) is 5.75 Å². The number of carbonyl (C=O) groups excluding carboxylic acids is 2. The average Bonchev–Trinajstić information content (AvgIpc) is 2.60. The second kappa shape index (κ2) is 8.67. The summed E-state index contributed by atoms with van der Waals surface area (Å²) >= 11 is 0. The molecule has 2 aromatic carbocycles. The van der Waals surface area contributed by atoms with Crippen LogP contribution >= 0.6 is 0 Å². The molecule has 0 aliphatic carbocycles. The average molecular weight is 331 g/mol. The summed E-state index contributed by atoms with van der Waals surface area (Å²) in [4.78, 5) is 23.3. The summed E-state index contributed by atoms with van der Waals surface area (Å²) in [6.07, 6.45) is 0. The van der Waals surface area contributed by atoms with Crippen LogP contribution in [0.5, 0.6) is 5.75 Å². The number of carbonyl (C=O) groups is 2. The molecule has 0 bridgehead atoms.